The number of likely N-dealkylation sites (tertiary alicyclic amines) is 1. The number of methoxy groups -OCH3 is 2. The number of ether oxygens (including phenoxy) is 2. The Kier molecular flexibility index (Phi) is 8.82. The predicted octanol–water partition coefficient (Wildman–Crippen LogP) is 5.63. The highest BCUT2D eigenvalue weighted by Crippen LogP contribution is 2.66. The fourth-order valence-electron chi connectivity index (χ4n) is 7.02. The van der Waals surface area contributed by atoms with Gasteiger partial charge in [0.15, 0.2) is 5.17 Å². The van der Waals surface area contributed by atoms with E-state index in [9.17, 15) is 14.4 Å². The molecule has 2 bridgehead atoms. The Morgan fingerprint density at radius 2 is 1.43 bits per heavy atom. The van der Waals surface area contributed by atoms with Crippen LogP contribution in [-0.2, 0) is 14.4 Å². The third-order valence-corrected chi connectivity index (χ3v) is 10.3. The second kappa shape index (κ2) is 12.4. The Balaban J connectivity index is 1.78. The molecule has 1 N–H and O–H groups in total. The first kappa shape index (κ1) is 29.9. The van der Waals surface area contributed by atoms with Gasteiger partial charge in [-0.2, -0.15) is 0 Å². The Labute approximate surface area is 252 Å². The molecule has 1 saturated carbocycles. The monoisotopic (exact) mass is 592 g/mol. The molecule has 2 aromatic carbocycles. The fourth-order valence-corrected chi connectivity index (χ4v) is 8.64. The van der Waals surface area contributed by atoms with Crippen LogP contribution in [0, 0.1) is 11.8 Å². The number of rotatable bonds is 7. The number of amidine groups is 1. The van der Waals surface area contributed by atoms with E-state index in [4.69, 9.17) is 14.6 Å². The van der Waals surface area contributed by atoms with E-state index < -0.39 is 4.87 Å². The van der Waals surface area contributed by atoms with E-state index in [1.807, 2.05) is 62.4 Å². The van der Waals surface area contributed by atoms with E-state index in [1.165, 1.54) is 11.8 Å². The Bertz CT molecular complexity index is 1320. The van der Waals surface area contributed by atoms with Gasteiger partial charge in [-0.1, -0.05) is 63.2 Å². The lowest BCUT2D eigenvalue weighted by atomic mass is 9.62. The summed E-state index contributed by atoms with van der Waals surface area (Å²) in [6, 6.07) is 15.0. The summed E-state index contributed by atoms with van der Waals surface area (Å²) >= 11 is 1.48. The van der Waals surface area contributed by atoms with Crippen molar-refractivity contribution < 1.29 is 23.9 Å². The van der Waals surface area contributed by atoms with E-state index in [2.05, 4.69) is 10.2 Å². The molecule has 3 amide bonds. The SMILES string of the molecule is CCC(=O)NC1=NN(C(=O)CC)C2(S1)C1CCCC2C(c2cccc(OC)c2)N(C(=O)CC)C1c1cccc(OC)c1. The highest BCUT2D eigenvalue weighted by Gasteiger charge is 2.67. The number of hydrogen-bond donors (Lipinski definition) is 1. The summed E-state index contributed by atoms with van der Waals surface area (Å²) in [7, 11) is 3.27. The van der Waals surface area contributed by atoms with Crippen molar-refractivity contribution >= 4 is 34.7 Å². The summed E-state index contributed by atoms with van der Waals surface area (Å²) in [5.41, 5.74) is 1.90. The van der Waals surface area contributed by atoms with Crippen LogP contribution in [-0.4, -0.2) is 51.9 Å². The zero-order valence-electron chi connectivity index (χ0n) is 25.0. The van der Waals surface area contributed by atoms with Gasteiger partial charge in [0.1, 0.15) is 16.4 Å². The largest absolute Gasteiger partial charge is 0.497 e. The molecule has 4 unspecified atom stereocenters. The number of amides is 3. The molecule has 1 spiro atoms. The zero-order chi connectivity index (χ0) is 30.0. The summed E-state index contributed by atoms with van der Waals surface area (Å²) < 4.78 is 11.2. The van der Waals surface area contributed by atoms with Crippen LogP contribution in [0.5, 0.6) is 11.5 Å². The van der Waals surface area contributed by atoms with E-state index in [-0.39, 0.29) is 48.1 Å². The van der Waals surface area contributed by atoms with Gasteiger partial charge in [-0.3, -0.25) is 14.4 Å². The molecule has 2 aliphatic heterocycles. The van der Waals surface area contributed by atoms with Gasteiger partial charge in [0, 0.05) is 31.1 Å². The third kappa shape index (κ3) is 5.03. The summed E-state index contributed by atoms with van der Waals surface area (Å²) in [5, 5.41) is 9.84. The van der Waals surface area contributed by atoms with Crippen LogP contribution in [0.1, 0.15) is 82.5 Å². The molecule has 224 valence electrons. The van der Waals surface area contributed by atoms with Crippen LogP contribution in [0.15, 0.2) is 53.6 Å². The van der Waals surface area contributed by atoms with Crippen molar-refractivity contribution in [1.82, 2.24) is 15.2 Å². The van der Waals surface area contributed by atoms with Gasteiger partial charge in [0.2, 0.25) is 17.7 Å². The number of hydrazone groups is 1. The average Bonchev–Trinajstić information content (AvgIpc) is 3.38. The topological polar surface area (TPSA) is 101 Å². The molecule has 9 nitrogen and oxygen atoms in total. The zero-order valence-corrected chi connectivity index (χ0v) is 25.8. The number of hydrogen-bond acceptors (Lipinski definition) is 7. The lowest BCUT2D eigenvalue weighted by Crippen LogP contribution is -2.67. The van der Waals surface area contributed by atoms with Gasteiger partial charge in [-0.15, -0.1) is 5.10 Å². The van der Waals surface area contributed by atoms with Crippen LogP contribution >= 0.6 is 11.8 Å². The highest BCUT2D eigenvalue weighted by molar-refractivity contribution is 8.15. The van der Waals surface area contributed by atoms with E-state index in [1.54, 1.807) is 26.2 Å². The molecule has 42 heavy (non-hydrogen) atoms. The standard InChI is InChI=1S/C32H40N4O5S/c1-6-26(37)33-31-34-36(28(39)8-3)32(42-31)24-16-11-17-25(32)30(21-13-10-15-23(19-21)41-5)35(27(38)7-2)29(24)20-12-9-14-22(18-20)40-4/h9-10,12-15,18-19,24-25,29-30H,6-8,11,16-17H2,1-5H3,(H,33,34,37). The van der Waals surface area contributed by atoms with Crippen molar-refractivity contribution in [1.29, 1.82) is 0 Å². The van der Waals surface area contributed by atoms with Crippen LogP contribution < -0.4 is 14.8 Å². The first-order chi connectivity index (χ1) is 20.3. The van der Waals surface area contributed by atoms with Gasteiger partial charge in [0.05, 0.1) is 26.3 Å². The van der Waals surface area contributed by atoms with Crippen LogP contribution in [0.25, 0.3) is 0 Å². The van der Waals surface area contributed by atoms with Crippen molar-refractivity contribution in [2.75, 3.05) is 14.2 Å². The Hall–Kier alpha value is -3.53. The first-order valence-corrected chi connectivity index (χ1v) is 15.6. The van der Waals surface area contributed by atoms with Crippen LogP contribution in [0.2, 0.25) is 0 Å². The molecule has 3 aliphatic rings. The van der Waals surface area contributed by atoms with Gasteiger partial charge in [0.25, 0.3) is 0 Å². The minimum atomic E-state index is -0.812. The summed E-state index contributed by atoms with van der Waals surface area (Å²) in [5.74, 6) is 0.882. The van der Waals surface area contributed by atoms with Crippen molar-refractivity contribution in [3.05, 3.63) is 59.7 Å². The third-order valence-electron chi connectivity index (χ3n) is 8.80. The van der Waals surface area contributed by atoms with Crippen LogP contribution in [0.4, 0.5) is 0 Å². The molecular formula is C32H40N4O5S. The molecule has 1 saturated heterocycles. The second-order valence-corrected chi connectivity index (χ2v) is 12.2. The first-order valence-electron chi connectivity index (χ1n) is 14.8. The number of piperidine rings is 1. The normalized spacial score (nSPS) is 26.5. The molecule has 2 aromatic rings. The molecule has 10 heteroatoms. The lowest BCUT2D eigenvalue weighted by Gasteiger charge is -2.62. The molecule has 4 atom stereocenters. The van der Waals surface area contributed by atoms with E-state index >= 15 is 0 Å². The van der Waals surface area contributed by atoms with Gasteiger partial charge < -0.3 is 19.7 Å². The summed E-state index contributed by atoms with van der Waals surface area (Å²) in [4.78, 5) is 41.6. The maximum Gasteiger partial charge on any atom is 0.243 e. The van der Waals surface area contributed by atoms with Gasteiger partial charge in [-0.25, -0.2) is 5.01 Å². The van der Waals surface area contributed by atoms with E-state index in [0.717, 1.165) is 30.4 Å². The highest BCUT2D eigenvalue weighted by atomic mass is 32.2. The van der Waals surface area contributed by atoms with Crippen molar-refractivity contribution in [3.63, 3.8) is 0 Å². The molecule has 0 aromatic heterocycles. The van der Waals surface area contributed by atoms with E-state index in [0.29, 0.717) is 29.5 Å². The number of nitrogens with zero attached hydrogens (tertiary/aromatic N) is 3. The number of thioether (sulfide) groups is 1. The lowest BCUT2D eigenvalue weighted by molar-refractivity contribution is -0.164. The fraction of sp³-hybridized carbons (Fsp3) is 0.500. The summed E-state index contributed by atoms with van der Waals surface area (Å²) in [6.45, 7) is 5.53. The Morgan fingerprint density at radius 1 is 0.881 bits per heavy atom. The quantitative estimate of drug-likeness (QED) is 0.447. The van der Waals surface area contributed by atoms with Gasteiger partial charge in [-0.05, 0) is 48.2 Å². The summed E-state index contributed by atoms with van der Waals surface area (Å²) in [6.07, 6.45) is 3.44. The smallest absolute Gasteiger partial charge is 0.243 e. The number of nitrogens with one attached hydrogen (secondary N) is 1. The molecule has 2 heterocycles. The molecular weight excluding hydrogens is 552 g/mol. The predicted molar refractivity (Wildman–Crippen MR) is 163 cm³/mol. The average molecular weight is 593 g/mol. The minimum absolute atomic E-state index is 0.0409. The number of carbonyl (C=O) groups is 3. The molecule has 0 radical (unpaired) electrons. The maximum absolute atomic E-state index is 14.1. The second-order valence-electron chi connectivity index (χ2n) is 11.0. The number of benzene rings is 2. The maximum atomic E-state index is 14.1. The van der Waals surface area contributed by atoms with Crippen molar-refractivity contribution in [3.8, 4) is 11.5 Å². The van der Waals surface area contributed by atoms with Crippen LogP contribution in [0.3, 0.4) is 0 Å². The number of carbonyl (C=O) groups excluding carboxylic acids is 3. The Morgan fingerprint density at radius 3 is 1.90 bits per heavy atom. The minimum Gasteiger partial charge on any atom is -0.497 e. The van der Waals surface area contributed by atoms with Crippen molar-refractivity contribution in [2.24, 2.45) is 16.9 Å². The van der Waals surface area contributed by atoms with Crippen molar-refractivity contribution in [2.45, 2.75) is 76.3 Å². The van der Waals surface area contributed by atoms with Gasteiger partial charge >= 0.3 is 0 Å². The molecule has 5 rings (SSSR count). The molecule has 2 fully saturated rings. The molecule has 1 aliphatic carbocycles.